The summed E-state index contributed by atoms with van der Waals surface area (Å²) in [5.74, 6) is -0.364. The van der Waals surface area contributed by atoms with E-state index in [4.69, 9.17) is 10.5 Å². The van der Waals surface area contributed by atoms with E-state index in [-0.39, 0.29) is 11.5 Å². The Hall–Kier alpha value is -2.42. The highest BCUT2D eigenvalue weighted by Gasteiger charge is 2.20. The highest BCUT2D eigenvalue weighted by Crippen LogP contribution is 2.25. The van der Waals surface area contributed by atoms with Gasteiger partial charge in [-0.1, -0.05) is 31.9 Å². The predicted molar refractivity (Wildman–Crippen MR) is 112 cm³/mol. The summed E-state index contributed by atoms with van der Waals surface area (Å²) in [6.07, 6.45) is 0. The van der Waals surface area contributed by atoms with Crippen LogP contribution in [0.4, 0.5) is 10.1 Å². The molecule has 1 fully saturated rings. The first kappa shape index (κ1) is 21.9. The molecule has 0 unspecified atom stereocenters. The maximum Gasteiger partial charge on any atom is 0.219 e. The average molecular weight is 508 g/mol. The van der Waals surface area contributed by atoms with Crippen molar-refractivity contribution in [3.63, 3.8) is 0 Å². The van der Waals surface area contributed by atoms with Gasteiger partial charge >= 0.3 is 0 Å². The fourth-order valence-corrected chi connectivity index (χ4v) is 3.44. The van der Waals surface area contributed by atoms with E-state index >= 15 is 0 Å². The van der Waals surface area contributed by atoms with Gasteiger partial charge in [-0.15, -0.1) is 0 Å². The third kappa shape index (κ3) is 5.79. The van der Waals surface area contributed by atoms with Crippen LogP contribution in [0.25, 0.3) is 0 Å². The van der Waals surface area contributed by atoms with E-state index in [1.165, 1.54) is 12.1 Å². The summed E-state index contributed by atoms with van der Waals surface area (Å²) in [5, 5.41) is 17.5. The Labute approximate surface area is 180 Å². The smallest absolute Gasteiger partial charge is 0.219 e. The first-order valence-corrected chi connectivity index (χ1v) is 9.99. The summed E-state index contributed by atoms with van der Waals surface area (Å²) in [6, 6.07) is 13.9. The van der Waals surface area contributed by atoms with Gasteiger partial charge in [0.15, 0.2) is 0 Å². The van der Waals surface area contributed by atoms with Crippen molar-refractivity contribution < 1.29 is 9.18 Å². The van der Waals surface area contributed by atoms with Crippen molar-refractivity contribution in [2.75, 3.05) is 31.1 Å². The minimum Gasteiger partial charge on any atom is -0.367 e. The largest absolute Gasteiger partial charge is 0.367 e. The quantitative estimate of drug-likeness (QED) is 0.571. The molecular formula is C20H17Br2FN4O. The number of halogens is 3. The van der Waals surface area contributed by atoms with Crippen LogP contribution in [0.1, 0.15) is 18.1 Å². The first-order valence-electron chi connectivity index (χ1n) is 8.41. The van der Waals surface area contributed by atoms with Crippen LogP contribution in [0.3, 0.4) is 0 Å². The topological polar surface area (TPSA) is 71.1 Å². The first-order chi connectivity index (χ1) is 13.3. The molecule has 1 heterocycles. The Morgan fingerprint density at radius 2 is 1.50 bits per heavy atom. The molecule has 1 aliphatic rings. The molecule has 0 aromatic heterocycles. The lowest BCUT2D eigenvalue weighted by Gasteiger charge is -2.36. The fraction of sp³-hybridized carbons (Fsp3) is 0.250. The molecule has 28 heavy (non-hydrogen) atoms. The number of carbonyl (C=O) groups is 1. The number of benzene rings is 2. The van der Waals surface area contributed by atoms with Crippen LogP contribution < -0.4 is 4.90 Å². The number of carbonyl (C=O) groups excluding carboxylic acids is 1. The summed E-state index contributed by atoms with van der Waals surface area (Å²) in [5.41, 5.74) is 1.68. The molecular weight excluding hydrogens is 491 g/mol. The maximum atomic E-state index is 12.5. The van der Waals surface area contributed by atoms with Crippen LogP contribution in [0.5, 0.6) is 0 Å². The number of anilines is 1. The molecule has 2 aromatic rings. The molecule has 3 rings (SSSR count). The Morgan fingerprint density at radius 1 is 0.964 bits per heavy atom. The molecule has 1 amide bonds. The zero-order chi connectivity index (χ0) is 20.7. The number of nitrogens with zero attached hydrogens (tertiary/aromatic N) is 4. The zero-order valence-electron chi connectivity index (χ0n) is 15.1. The van der Waals surface area contributed by atoms with Gasteiger partial charge in [-0.25, -0.2) is 4.39 Å². The fourth-order valence-electron chi connectivity index (χ4n) is 2.72. The Morgan fingerprint density at radius 3 is 2.00 bits per heavy atom. The number of hydrogen-bond donors (Lipinski definition) is 0. The zero-order valence-corrected chi connectivity index (χ0v) is 18.3. The monoisotopic (exact) mass is 506 g/mol. The molecule has 0 radical (unpaired) electrons. The molecule has 0 atom stereocenters. The summed E-state index contributed by atoms with van der Waals surface area (Å²) in [6.45, 7) is 4.58. The van der Waals surface area contributed by atoms with Gasteiger partial charge in [-0.05, 0) is 36.4 Å². The summed E-state index contributed by atoms with van der Waals surface area (Å²) >= 11 is 6.49. The second kappa shape index (κ2) is 10.2. The third-order valence-electron chi connectivity index (χ3n) is 4.19. The molecule has 1 saturated heterocycles. The average Bonchev–Trinajstić information content (AvgIpc) is 2.70. The van der Waals surface area contributed by atoms with Crippen molar-refractivity contribution in [2.24, 2.45) is 0 Å². The molecule has 1 aliphatic heterocycles. The van der Waals surface area contributed by atoms with E-state index in [1.807, 2.05) is 23.1 Å². The van der Waals surface area contributed by atoms with Gasteiger partial charge in [0.1, 0.15) is 18.0 Å². The summed E-state index contributed by atoms with van der Waals surface area (Å²) in [7, 11) is 0. The van der Waals surface area contributed by atoms with Crippen molar-refractivity contribution in [1.82, 2.24) is 4.90 Å². The number of amides is 1. The van der Waals surface area contributed by atoms with Gasteiger partial charge in [-0.3, -0.25) is 4.79 Å². The Kier molecular flexibility index (Phi) is 7.98. The lowest BCUT2D eigenvalue weighted by molar-refractivity contribution is -0.129. The minimum atomic E-state index is -0.481. The molecule has 0 saturated carbocycles. The summed E-state index contributed by atoms with van der Waals surface area (Å²) < 4.78 is 14.1. The van der Waals surface area contributed by atoms with Crippen molar-refractivity contribution in [3.05, 3.63) is 62.3 Å². The molecule has 8 heteroatoms. The number of nitriles is 2. The van der Waals surface area contributed by atoms with E-state index < -0.39 is 5.82 Å². The van der Waals surface area contributed by atoms with Gasteiger partial charge in [0.05, 0.1) is 16.8 Å². The molecule has 144 valence electrons. The SMILES string of the molecule is CC(=O)N1CCN(c2ccc(Br)cc2C#N)CC1.N#Cc1cc(Br)ccc1F. The number of hydrogen-bond acceptors (Lipinski definition) is 4. The van der Waals surface area contributed by atoms with Crippen LogP contribution >= 0.6 is 31.9 Å². The van der Waals surface area contributed by atoms with Crippen LogP contribution in [0.2, 0.25) is 0 Å². The lowest BCUT2D eigenvalue weighted by atomic mass is 10.1. The maximum absolute atomic E-state index is 12.5. The minimum absolute atomic E-state index is 0.0642. The lowest BCUT2D eigenvalue weighted by Crippen LogP contribution is -2.48. The second-order valence-electron chi connectivity index (χ2n) is 6.00. The molecule has 0 aliphatic carbocycles. The van der Waals surface area contributed by atoms with Crippen LogP contribution in [0, 0.1) is 28.5 Å². The third-order valence-corrected chi connectivity index (χ3v) is 5.18. The Bertz CT molecular complexity index is 944. The highest BCUT2D eigenvalue weighted by molar-refractivity contribution is 9.10. The number of piperazine rings is 1. The van der Waals surface area contributed by atoms with Crippen LogP contribution in [-0.2, 0) is 4.79 Å². The molecule has 0 spiro atoms. The summed E-state index contributed by atoms with van der Waals surface area (Å²) in [4.78, 5) is 15.3. The predicted octanol–water partition coefficient (Wildman–Crippen LogP) is 4.45. The standard InChI is InChI=1S/C13H14BrN3O.C7H3BrFN/c1-10(18)16-4-6-17(7-5-16)13-3-2-12(14)8-11(13)9-15;8-6-1-2-7(9)5(3-6)4-10/h2-3,8H,4-7H2,1H3;1-3H. The van der Waals surface area contributed by atoms with Gasteiger partial charge < -0.3 is 9.80 Å². The van der Waals surface area contributed by atoms with Gasteiger partial charge in [0.25, 0.3) is 0 Å². The van der Waals surface area contributed by atoms with Crippen LogP contribution in [-0.4, -0.2) is 37.0 Å². The van der Waals surface area contributed by atoms with Crippen LogP contribution in [0.15, 0.2) is 45.3 Å². The second-order valence-corrected chi connectivity index (χ2v) is 7.83. The highest BCUT2D eigenvalue weighted by atomic mass is 79.9. The van der Waals surface area contributed by atoms with E-state index in [9.17, 15) is 9.18 Å². The molecule has 0 bridgehead atoms. The number of rotatable bonds is 1. The normalized spacial score (nSPS) is 13.1. The molecule has 2 aromatic carbocycles. The van der Waals surface area contributed by atoms with E-state index in [0.717, 1.165) is 36.3 Å². The molecule has 5 nitrogen and oxygen atoms in total. The van der Waals surface area contributed by atoms with Crippen molar-refractivity contribution >= 4 is 43.5 Å². The van der Waals surface area contributed by atoms with E-state index in [1.54, 1.807) is 19.1 Å². The van der Waals surface area contributed by atoms with Crippen molar-refractivity contribution in [3.8, 4) is 12.1 Å². The van der Waals surface area contributed by atoms with Crippen molar-refractivity contribution in [1.29, 1.82) is 10.5 Å². The van der Waals surface area contributed by atoms with E-state index in [2.05, 4.69) is 42.8 Å². The van der Waals surface area contributed by atoms with E-state index in [0.29, 0.717) is 10.0 Å². The van der Waals surface area contributed by atoms with Gasteiger partial charge in [-0.2, -0.15) is 10.5 Å². The van der Waals surface area contributed by atoms with Gasteiger partial charge in [0.2, 0.25) is 5.91 Å². The van der Waals surface area contributed by atoms with Gasteiger partial charge in [0, 0.05) is 42.0 Å². The molecule has 0 N–H and O–H groups in total. The Balaban J connectivity index is 0.000000237. The van der Waals surface area contributed by atoms with Crippen molar-refractivity contribution in [2.45, 2.75) is 6.92 Å².